The van der Waals surface area contributed by atoms with E-state index in [1.807, 2.05) is 36.4 Å². The summed E-state index contributed by atoms with van der Waals surface area (Å²) in [6, 6.07) is 16.2. The lowest BCUT2D eigenvalue weighted by Gasteiger charge is -2.32. The van der Waals surface area contributed by atoms with Gasteiger partial charge in [-0.25, -0.2) is 4.79 Å². The highest BCUT2D eigenvalue weighted by Gasteiger charge is 2.73. The second kappa shape index (κ2) is 7.86. The van der Waals surface area contributed by atoms with E-state index < -0.39 is 28.9 Å². The number of fused-ring (bicyclic) bond motifs is 3. The number of carbonyl (C=O) groups excluding carboxylic acids is 2. The van der Waals surface area contributed by atoms with E-state index in [2.05, 4.69) is 22.8 Å². The van der Waals surface area contributed by atoms with E-state index in [9.17, 15) is 19.5 Å². The molecule has 1 atom stereocenters. The van der Waals surface area contributed by atoms with E-state index in [4.69, 9.17) is 4.74 Å². The molecule has 34 heavy (non-hydrogen) atoms. The van der Waals surface area contributed by atoms with Crippen LogP contribution in [0.15, 0.2) is 48.5 Å². The first-order valence-electron chi connectivity index (χ1n) is 11.8. The highest BCUT2D eigenvalue weighted by Crippen LogP contribution is 2.73. The molecule has 0 saturated heterocycles. The van der Waals surface area contributed by atoms with Gasteiger partial charge in [0.25, 0.3) is 0 Å². The van der Waals surface area contributed by atoms with Gasteiger partial charge in [0.15, 0.2) is 0 Å². The lowest BCUT2D eigenvalue weighted by Crippen LogP contribution is -2.56. The second-order valence-electron chi connectivity index (χ2n) is 10.5. The molecule has 1 spiro atoms. The van der Waals surface area contributed by atoms with Crippen LogP contribution in [0.5, 0.6) is 0 Å². The smallest absolute Gasteiger partial charge is 0.408 e. The summed E-state index contributed by atoms with van der Waals surface area (Å²) in [4.78, 5) is 37.3. The van der Waals surface area contributed by atoms with Gasteiger partial charge in [0.2, 0.25) is 5.91 Å². The predicted molar refractivity (Wildman–Crippen MR) is 126 cm³/mol. The summed E-state index contributed by atoms with van der Waals surface area (Å²) in [5.41, 5.74) is 2.23. The van der Waals surface area contributed by atoms with Crippen LogP contribution in [-0.4, -0.2) is 41.8 Å². The summed E-state index contributed by atoms with van der Waals surface area (Å²) in [5, 5.41) is 15.1. The molecule has 178 valence electrons. The van der Waals surface area contributed by atoms with E-state index in [0.29, 0.717) is 6.42 Å². The molecule has 2 aromatic rings. The average molecular weight is 463 g/mol. The van der Waals surface area contributed by atoms with Gasteiger partial charge in [-0.05, 0) is 60.8 Å². The van der Waals surface area contributed by atoms with E-state index in [1.165, 1.54) is 0 Å². The normalized spacial score (nSPS) is 21.7. The van der Waals surface area contributed by atoms with Crippen LogP contribution < -0.4 is 10.6 Å². The molecule has 0 bridgehead atoms. The minimum atomic E-state index is -1.25. The van der Waals surface area contributed by atoms with Crippen LogP contribution >= 0.6 is 0 Å². The Morgan fingerprint density at radius 2 is 1.62 bits per heavy atom. The zero-order chi connectivity index (χ0) is 24.1. The number of amides is 2. The Hall–Kier alpha value is -3.35. The maximum absolute atomic E-state index is 12.8. The topological polar surface area (TPSA) is 105 Å². The van der Waals surface area contributed by atoms with Crippen molar-refractivity contribution < 1.29 is 24.2 Å². The highest BCUT2D eigenvalue weighted by molar-refractivity contribution is 5.90. The van der Waals surface area contributed by atoms with Crippen molar-refractivity contribution in [2.24, 2.45) is 10.8 Å². The zero-order valence-corrected chi connectivity index (χ0v) is 19.5. The van der Waals surface area contributed by atoms with Crippen LogP contribution in [0, 0.1) is 10.8 Å². The number of hydrogen-bond acceptors (Lipinski definition) is 4. The monoisotopic (exact) mass is 462 g/mol. The summed E-state index contributed by atoms with van der Waals surface area (Å²) >= 11 is 0. The third kappa shape index (κ3) is 3.45. The number of hydrogen-bond donors (Lipinski definition) is 3. The SMILES string of the molecule is CC(C)(NC(=O)OCC1c2ccccc2-c2ccccc21)C(=O)NCC1(C(=O)O)CC12CCC2. The Morgan fingerprint density at radius 1 is 1.03 bits per heavy atom. The summed E-state index contributed by atoms with van der Waals surface area (Å²) < 4.78 is 5.56. The van der Waals surface area contributed by atoms with Gasteiger partial charge in [0.05, 0.1) is 5.41 Å². The summed E-state index contributed by atoms with van der Waals surface area (Å²) in [5.74, 6) is -1.35. The van der Waals surface area contributed by atoms with Crippen molar-refractivity contribution in [1.82, 2.24) is 10.6 Å². The number of benzene rings is 2. The van der Waals surface area contributed by atoms with Gasteiger partial charge in [-0.3, -0.25) is 9.59 Å². The fourth-order valence-electron chi connectivity index (χ4n) is 5.82. The third-order valence-electron chi connectivity index (χ3n) is 8.13. The van der Waals surface area contributed by atoms with Crippen molar-refractivity contribution in [1.29, 1.82) is 0 Å². The number of carboxylic acids is 1. The molecule has 7 heteroatoms. The quantitative estimate of drug-likeness (QED) is 0.576. The largest absolute Gasteiger partial charge is 0.481 e. The molecule has 7 nitrogen and oxygen atoms in total. The van der Waals surface area contributed by atoms with Crippen molar-refractivity contribution in [2.75, 3.05) is 13.2 Å². The molecule has 3 aliphatic rings. The van der Waals surface area contributed by atoms with Gasteiger partial charge >= 0.3 is 12.1 Å². The van der Waals surface area contributed by atoms with Crippen LogP contribution in [0.25, 0.3) is 11.1 Å². The number of aliphatic carboxylic acids is 1. The fourth-order valence-corrected chi connectivity index (χ4v) is 5.82. The van der Waals surface area contributed by atoms with Crippen molar-refractivity contribution in [3.05, 3.63) is 59.7 Å². The van der Waals surface area contributed by atoms with Crippen molar-refractivity contribution in [2.45, 2.75) is 51.0 Å². The van der Waals surface area contributed by atoms with E-state index in [-0.39, 0.29) is 24.5 Å². The van der Waals surface area contributed by atoms with Crippen LogP contribution in [0.4, 0.5) is 4.79 Å². The minimum Gasteiger partial charge on any atom is -0.481 e. The molecular formula is C27H30N2O5. The maximum atomic E-state index is 12.8. The molecule has 0 radical (unpaired) electrons. The molecule has 3 N–H and O–H groups in total. The molecule has 0 aromatic heterocycles. The molecule has 0 aliphatic heterocycles. The molecule has 2 amide bonds. The Bertz CT molecular complexity index is 1120. The Morgan fingerprint density at radius 3 is 2.12 bits per heavy atom. The van der Waals surface area contributed by atoms with Crippen molar-refractivity contribution in [3.63, 3.8) is 0 Å². The van der Waals surface area contributed by atoms with Crippen molar-refractivity contribution in [3.8, 4) is 11.1 Å². The lowest BCUT2D eigenvalue weighted by atomic mass is 9.75. The van der Waals surface area contributed by atoms with Gasteiger partial charge < -0.3 is 20.5 Å². The summed E-state index contributed by atoms with van der Waals surface area (Å²) in [6.07, 6.45) is 2.76. The van der Waals surface area contributed by atoms with Gasteiger partial charge in [0.1, 0.15) is 12.1 Å². The highest BCUT2D eigenvalue weighted by atomic mass is 16.5. The number of alkyl carbamates (subject to hydrolysis) is 1. The Balaban J connectivity index is 1.18. The van der Waals surface area contributed by atoms with Crippen LogP contribution in [0.2, 0.25) is 0 Å². The number of nitrogens with one attached hydrogen (secondary N) is 2. The molecule has 2 fully saturated rings. The van der Waals surface area contributed by atoms with Crippen LogP contribution in [0.3, 0.4) is 0 Å². The molecule has 1 unspecified atom stereocenters. The number of carboxylic acid groups (broad SMARTS) is 1. The average Bonchev–Trinajstić information content (AvgIpc) is 3.40. The minimum absolute atomic E-state index is 0.0703. The fraction of sp³-hybridized carbons (Fsp3) is 0.444. The second-order valence-corrected chi connectivity index (χ2v) is 10.5. The van der Waals surface area contributed by atoms with E-state index in [0.717, 1.165) is 41.5 Å². The third-order valence-corrected chi connectivity index (χ3v) is 8.13. The van der Waals surface area contributed by atoms with Gasteiger partial charge in [-0.1, -0.05) is 55.0 Å². The van der Waals surface area contributed by atoms with E-state index in [1.54, 1.807) is 13.8 Å². The number of rotatable bonds is 7. The van der Waals surface area contributed by atoms with E-state index >= 15 is 0 Å². The summed E-state index contributed by atoms with van der Waals surface area (Å²) in [7, 11) is 0. The Labute approximate surface area is 198 Å². The van der Waals surface area contributed by atoms with Gasteiger partial charge in [-0.2, -0.15) is 0 Å². The van der Waals surface area contributed by atoms with Crippen LogP contribution in [-0.2, 0) is 14.3 Å². The first-order valence-corrected chi connectivity index (χ1v) is 11.8. The Kier molecular flexibility index (Phi) is 5.19. The number of ether oxygens (including phenoxy) is 1. The van der Waals surface area contributed by atoms with Gasteiger partial charge in [-0.15, -0.1) is 0 Å². The zero-order valence-electron chi connectivity index (χ0n) is 19.5. The predicted octanol–water partition coefficient (Wildman–Crippen LogP) is 4.06. The maximum Gasteiger partial charge on any atom is 0.408 e. The molecule has 0 heterocycles. The number of carbonyl (C=O) groups is 3. The molecule has 2 saturated carbocycles. The van der Waals surface area contributed by atoms with Crippen LogP contribution in [0.1, 0.15) is 56.6 Å². The molecular weight excluding hydrogens is 432 g/mol. The standard InChI is InChI=1S/C27H30N2O5/c1-25(2,22(30)28-16-27(23(31)32)15-26(27)12-7-13-26)29-24(33)34-14-21-19-10-5-3-8-17(19)18-9-4-6-11-20(18)21/h3-6,8-11,21H,7,12-16H2,1-2H3,(H,28,30)(H,29,33)(H,31,32). The first-order chi connectivity index (χ1) is 16.2. The first kappa shape index (κ1) is 22.4. The molecule has 2 aromatic carbocycles. The molecule has 5 rings (SSSR count). The molecule has 3 aliphatic carbocycles. The summed E-state index contributed by atoms with van der Waals surface area (Å²) in [6.45, 7) is 3.41. The van der Waals surface area contributed by atoms with Gasteiger partial charge in [0, 0.05) is 12.5 Å². The lowest BCUT2D eigenvalue weighted by molar-refractivity contribution is -0.146. The van der Waals surface area contributed by atoms with Crippen molar-refractivity contribution >= 4 is 18.0 Å².